The van der Waals surface area contributed by atoms with Crippen molar-refractivity contribution in [2.24, 2.45) is 0 Å². The molecule has 1 heterocycles. The minimum absolute atomic E-state index is 0.211. The summed E-state index contributed by atoms with van der Waals surface area (Å²) < 4.78 is 35.4. The standard InChI is InChI=1S/C11H14FNO2S/c12-11-3-1-2-10(8-11)9-13-4-6-16(14,15)7-5-13/h1-3,8H,4-7,9H2. The van der Waals surface area contributed by atoms with Crippen molar-refractivity contribution in [2.45, 2.75) is 6.54 Å². The van der Waals surface area contributed by atoms with Crippen molar-refractivity contribution < 1.29 is 12.8 Å². The highest BCUT2D eigenvalue weighted by Crippen LogP contribution is 2.10. The lowest BCUT2D eigenvalue weighted by Gasteiger charge is -2.26. The van der Waals surface area contributed by atoms with E-state index in [-0.39, 0.29) is 17.3 Å². The molecule has 0 spiro atoms. The van der Waals surface area contributed by atoms with Gasteiger partial charge in [0, 0.05) is 19.6 Å². The molecule has 0 atom stereocenters. The molecule has 0 bridgehead atoms. The summed E-state index contributed by atoms with van der Waals surface area (Å²) in [5.41, 5.74) is 0.888. The smallest absolute Gasteiger partial charge is 0.152 e. The molecule has 0 unspecified atom stereocenters. The van der Waals surface area contributed by atoms with Crippen LogP contribution in [-0.2, 0) is 16.4 Å². The van der Waals surface area contributed by atoms with Crippen LogP contribution in [0, 0.1) is 5.82 Å². The Labute approximate surface area is 94.8 Å². The first-order valence-electron chi connectivity index (χ1n) is 5.22. The van der Waals surface area contributed by atoms with E-state index in [1.807, 2.05) is 11.0 Å². The maximum absolute atomic E-state index is 12.9. The topological polar surface area (TPSA) is 37.4 Å². The first kappa shape index (κ1) is 11.5. The van der Waals surface area contributed by atoms with Gasteiger partial charge in [-0.3, -0.25) is 4.90 Å². The second kappa shape index (κ2) is 4.51. The second-order valence-electron chi connectivity index (χ2n) is 4.06. The lowest BCUT2D eigenvalue weighted by atomic mass is 10.2. The van der Waals surface area contributed by atoms with E-state index in [0.717, 1.165) is 5.56 Å². The highest BCUT2D eigenvalue weighted by atomic mass is 32.2. The van der Waals surface area contributed by atoms with Crippen LogP contribution in [0.2, 0.25) is 0 Å². The van der Waals surface area contributed by atoms with E-state index < -0.39 is 9.84 Å². The third-order valence-corrected chi connectivity index (χ3v) is 4.34. The molecule has 5 heteroatoms. The summed E-state index contributed by atoms with van der Waals surface area (Å²) in [5.74, 6) is 0.173. The predicted octanol–water partition coefficient (Wildman–Crippen LogP) is 1.06. The largest absolute Gasteiger partial charge is 0.297 e. The molecule has 2 rings (SSSR count). The zero-order valence-corrected chi connectivity index (χ0v) is 9.71. The predicted molar refractivity (Wildman–Crippen MR) is 60.3 cm³/mol. The van der Waals surface area contributed by atoms with Gasteiger partial charge < -0.3 is 0 Å². The monoisotopic (exact) mass is 243 g/mol. The Morgan fingerprint density at radius 1 is 1.25 bits per heavy atom. The third-order valence-electron chi connectivity index (χ3n) is 2.73. The number of nitrogens with zero attached hydrogens (tertiary/aromatic N) is 1. The molecule has 0 aliphatic carbocycles. The van der Waals surface area contributed by atoms with Crippen LogP contribution in [0.5, 0.6) is 0 Å². The Morgan fingerprint density at radius 2 is 1.94 bits per heavy atom. The fraction of sp³-hybridized carbons (Fsp3) is 0.455. The van der Waals surface area contributed by atoms with Gasteiger partial charge in [0.2, 0.25) is 0 Å². The Morgan fingerprint density at radius 3 is 2.56 bits per heavy atom. The summed E-state index contributed by atoms with van der Waals surface area (Å²) in [6, 6.07) is 6.42. The lowest BCUT2D eigenvalue weighted by Crippen LogP contribution is -2.39. The van der Waals surface area contributed by atoms with Gasteiger partial charge in [-0.15, -0.1) is 0 Å². The van der Waals surface area contributed by atoms with Crippen molar-refractivity contribution in [3.63, 3.8) is 0 Å². The van der Waals surface area contributed by atoms with Crippen LogP contribution in [0.3, 0.4) is 0 Å². The van der Waals surface area contributed by atoms with Crippen molar-refractivity contribution >= 4 is 9.84 Å². The SMILES string of the molecule is O=S1(=O)CCN(Cc2cccc(F)c2)CC1. The Bertz CT molecular complexity index is 459. The highest BCUT2D eigenvalue weighted by molar-refractivity contribution is 7.91. The van der Waals surface area contributed by atoms with Gasteiger partial charge in [0.1, 0.15) is 5.82 Å². The van der Waals surface area contributed by atoms with E-state index in [0.29, 0.717) is 19.6 Å². The molecule has 3 nitrogen and oxygen atoms in total. The lowest BCUT2D eigenvalue weighted by molar-refractivity contribution is 0.287. The van der Waals surface area contributed by atoms with Gasteiger partial charge in [-0.25, -0.2) is 12.8 Å². The number of benzene rings is 1. The van der Waals surface area contributed by atoms with Crippen LogP contribution in [0.1, 0.15) is 5.56 Å². The van der Waals surface area contributed by atoms with Crippen LogP contribution in [-0.4, -0.2) is 37.9 Å². The van der Waals surface area contributed by atoms with Crippen LogP contribution in [0.25, 0.3) is 0 Å². The van der Waals surface area contributed by atoms with Crippen LogP contribution in [0.15, 0.2) is 24.3 Å². The molecule has 1 fully saturated rings. The molecule has 0 saturated carbocycles. The average molecular weight is 243 g/mol. The normalized spacial score (nSPS) is 20.8. The molecular weight excluding hydrogens is 229 g/mol. The maximum atomic E-state index is 12.9. The van der Waals surface area contributed by atoms with Gasteiger partial charge in [0.15, 0.2) is 9.84 Å². The molecule has 16 heavy (non-hydrogen) atoms. The quantitative estimate of drug-likeness (QED) is 0.779. The highest BCUT2D eigenvalue weighted by Gasteiger charge is 2.21. The average Bonchev–Trinajstić information content (AvgIpc) is 2.21. The van der Waals surface area contributed by atoms with E-state index in [1.165, 1.54) is 12.1 Å². The first-order valence-corrected chi connectivity index (χ1v) is 7.04. The number of hydrogen-bond donors (Lipinski definition) is 0. The van der Waals surface area contributed by atoms with Gasteiger partial charge >= 0.3 is 0 Å². The molecule has 1 aliphatic heterocycles. The molecule has 1 aromatic carbocycles. The number of rotatable bonds is 2. The summed E-state index contributed by atoms with van der Waals surface area (Å²) in [6.07, 6.45) is 0. The number of halogens is 1. The second-order valence-corrected chi connectivity index (χ2v) is 6.36. The van der Waals surface area contributed by atoms with E-state index in [1.54, 1.807) is 6.07 Å². The van der Waals surface area contributed by atoms with Crippen molar-refractivity contribution in [3.05, 3.63) is 35.6 Å². The summed E-state index contributed by atoms with van der Waals surface area (Å²) in [5, 5.41) is 0. The van der Waals surface area contributed by atoms with Crippen molar-refractivity contribution in [3.8, 4) is 0 Å². The minimum Gasteiger partial charge on any atom is -0.297 e. The fourth-order valence-corrected chi connectivity index (χ4v) is 3.08. The van der Waals surface area contributed by atoms with Crippen LogP contribution < -0.4 is 0 Å². The molecule has 0 amide bonds. The van der Waals surface area contributed by atoms with Crippen LogP contribution in [0.4, 0.5) is 4.39 Å². The Hall–Kier alpha value is -0.940. The number of hydrogen-bond acceptors (Lipinski definition) is 3. The maximum Gasteiger partial charge on any atom is 0.152 e. The van der Waals surface area contributed by atoms with Gasteiger partial charge in [-0.2, -0.15) is 0 Å². The molecule has 88 valence electrons. The van der Waals surface area contributed by atoms with E-state index in [4.69, 9.17) is 0 Å². The Kier molecular flexibility index (Phi) is 3.25. The van der Waals surface area contributed by atoms with Gasteiger partial charge in [0.25, 0.3) is 0 Å². The zero-order chi connectivity index (χ0) is 11.6. The van der Waals surface area contributed by atoms with E-state index in [2.05, 4.69) is 0 Å². The molecule has 0 radical (unpaired) electrons. The van der Waals surface area contributed by atoms with E-state index in [9.17, 15) is 12.8 Å². The zero-order valence-electron chi connectivity index (χ0n) is 8.89. The van der Waals surface area contributed by atoms with Crippen molar-refractivity contribution in [2.75, 3.05) is 24.6 Å². The molecule has 0 N–H and O–H groups in total. The van der Waals surface area contributed by atoms with Gasteiger partial charge in [-0.1, -0.05) is 12.1 Å². The van der Waals surface area contributed by atoms with Crippen molar-refractivity contribution in [1.82, 2.24) is 4.90 Å². The van der Waals surface area contributed by atoms with E-state index >= 15 is 0 Å². The third kappa shape index (κ3) is 3.02. The van der Waals surface area contributed by atoms with Gasteiger partial charge in [0.05, 0.1) is 11.5 Å². The first-order chi connectivity index (χ1) is 7.55. The molecule has 0 aromatic heterocycles. The summed E-state index contributed by atoms with van der Waals surface area (Å²) in [6.45, 7) is 1.70. The molecule has 1 aromatic rings. The van der Waals surface area contributed by atoms with Crippen molar-refractivity contribution in [1.29, 1.82) is 0 Å². The molecule has 1 saturated heterocycles. The summed E-state index contributed by atoms with van der Waals surface area (Å²) in [7, 11) is -2.83. The summed E-state index contributed by atoms with van der Waals surface area (Å²) in [4.78, 5) is 2.04. The molecular formula is C11H14FNO2S. The minimum atomic E-state index is -2.83. The number of sulfone groups is 1. The Balaban J connectivity index is 1.97. The fourth-order valence-electron chi connectivity index (χ4n) is 1.80. The van der Waals surface area contributed by atoms with Crippen LogP contribution >= 0.6 is 0 Å². The summed E-state index contributed by atoms with van der Waals surface area (Å²) >= 11 is 0. The van der Waals surface area contributed by atoms with Gasteiger partial charge in [-0.05, 0) is 17.7 Å². The molecule has 1 aliphatic rings.